The number of aryl methyl sites for hydroxylation is 1. The van der Waals surface area contributed by atoms with Crippen molar-refractivity contribution in [1.82, 2.24) is 19.5 Å². The minimum absolute atomic E-state index is 0.284. The largest absolute Gasteiger partial charge is 0.331 e. The van der Waals surface area contributed by atoms with Gasteiger partial charge in [-0.3, -0.25) is 0 Å². The Morgan fingerprint density at radius 1 is 1.27 bits per heavy atom. The summed E-state index contributed by atoms with van der Waals surface area (Å²) in [6.45, 7) is 0. The maximum atomic E-state index is 5.88. The number of nitrogens with zero attached hydrogens (tertiary/aromatic N) is 4. The van der Waals surface area contributed by atoms with Gasteiger partial charge in [-0.05, 0) is 15.9 Å². The Morgan fingerprint density at radius 2 is 1.87 bits per heavy atom. The van der Waals surface area contributed by atoms with Crippen LogP contribution in [0.3, 0.4) is 0 Å². The van der Waals surface area contributed by atoms with E-state index in [1.165, 1.54) is 0 Å². The van der Waals surface area contributed by atoms with E-state index in [-0.39, 0.29) is 10.3 Å². The zero-order valence-electron chi connectivity index (χ0n) is 7.58. The van der Waals surface area contributed by atoms with Crippen LogP contribution in [0.15, 0.2) is 17.0 Å². The summed E-state index contributed by atoms with van der Waals surface area (Å²) in [5, 5.41) is 0.567. The second kappa shape index (κ2) is 4.08. The smallest absolute Gasteiger partial charge is 0.180 e. The molecule has 0 aromatic carbocycles. The molecule has 0 saturated heterocycles. The average Bonchev–Trinajstić information content (AvgIpc) is 2.60. The van der Waals surface area contributed by atoms with Crippen molar-refractivity contribution in [2.45, 2.75) is 0 Å². The van der Waals surface area contributed by atoms with E-state index in [2.05, 4.69) is 30.9 Å². The standard InChI is InChI=1S/C8H5BrCl2N4/c1-15-3-12-2-4(15)8-13-6(10)5(9)7(11)14-8/h2-3H,1H3. The van der Waals surface area contributed by atoms with Crippen LogP contribution in [0.4, 0.5) is 0 Å². The first-order valence-electron chi connectivity index (χ1n) is 3.95. The normalized spacial score (nSPS) is 10.7. The number of halogens is 3. The number of rotatable bonds is 1. The fourth-order valence-electron chi connectivity index (χ4n) is 1.08. The molecule has 0 bridgehead atoms. The molecule has 0 fully saturated rings. The van der Waals surface area contributed by atoms with Gasteiger partial charge >= 0.3 is 0 Å². The van der Waals surface area contributed by atoms with E-state index in [0.29, 0.717) is 10.3 Å². The predicted molar refractivity (Wildman–Crippen MR) is 62.0 cm³/mol. The van der Waals surface area contributed by atoms with Crippen LogP contribution in [0.2, 0.25) is 10.3 Å². The van der Waals surface area contributed by atoms with Gasteiger partial charge in [-0.1, -0.05) is 23.2 Å². The third-order valence-corrected chi connectivity index (χ3v) is 3.57. The highest BCUT2D eigenvalue weighted by molar-refractivity contribution is 9.10. The molecule has 0 aliphatic rings. The molecule has 15 heavy (non-hydrogen) atoms. The van der Waals surface area contributed by atoms with E-state index in [1.807, 2.05) is 7.05 Å². The van der Waals surface area contributed by atoms with E-state index in [9.17, 15) is 0 Å². The summed E-state index contributed by atoms with van der Waals surface area (Å²) in [5.41, 5.74) is 0.756. The number of imidazole rings is 1. The Bertz CT molecular complexity index is 488. The summed E-state index contributed by atoms with van der Waals surface area (Å²) in [7, 11) is 1.84. The van der Waals surface area contributed by atoms with Gasteiger partial charge in [0.2, 0.25) is 0 Å². The van der Waals surface area contributed by atoms with Gasteiger partial charge in [0.05, 0.1) is 17.0 Å². The molecule has 0 unspecified atom stereocenters. The summed E-state index contributed by atoms with van der Waals surface area (Å²) in [6, 6.07) is 0. The second-order valence-electron chi connectivity index (χ2n) is 2.83. The van der Waals surface area contributed by atoms with E-state index in [4.69, 9.17) is 23.2 Å². The molecule has 0 aliphatic carbocycles. The maximum absolute atomic E-state index is 5.88. The fourth-order valence-corrected chi connectivity index (χ4v) is 1.65. The van der Waals surface area contributed by atoms with Gasteiger partial charge in [0.15, 0.2) is 5.82 Å². The summed E-state index contributed by atoms with van der Waals surface area (Å²) >= 11 is 14.9. The van der Waals surface area contributed by atoms with Crippen molar-refractivity contribution >= 4 is 39.1 Å². The van der Waals surface area contributed by atoms with Crippen molar-refractivity contribution in [1.29, 1.82) is 0 Å². The van der Waals surface area contributed by atoms with Gasteiger partial charge < -0.3 is 4.57 Å². The molecular weight excluding hydrogens is 303 g/mol. The first-order valence-corrected chi connectivity index (χ1v) is 5.49. The topological polar surface area (TPSA) is 43.6 Å². The molecule has 2 heterocycles. The van der Waals surface area contributed by atoms with Crippen LogP contribution >= 0.6 is 39.1 Å². The van der Waals surface area contributed by atoms with Gasteiger partial charge in [-0.25, -0.2) is 15.0 Å². The van der Waals surface area contributed by atoms with Gasteiger partial charge in [0.25, 0.3) is 0 Å². The highest BCUT2D eigenvalue weighted by Crippen LogP contribution is 2.29. The second-order valence-corrected chi connectivity index (χ2v) is 4.34. The van der Waals surface area contributed by atoms with Crippen molar-refractivity contribution in [3.8, 4) is 11.5 Å². The third kappa shape index (κ3) is 2.00. The van der Waals surface area contributed by atoms with Crippen LogP contribution in [0.25, 0.3) is 11.5 Å². The van der Waals surface area contributed by atoms with Crippen molar-refractivity contribution in [3.05, 3.63) is 27.3 Å². The molecule has 4 nitrogen and oxygen atoms in total. The zero-order valence-corrected chi connectivity index (χ0v) is 10.7. The highest BCUT2D eigenvalue weighted by atomic mass is 79.9. The minimum Gasteiger partial charge on any atom is -0.331 e. The molecule has 0 atom stereocenters. The van der Waals surface area contributed by atoms with Crippen LogP contribution in [0.5, 0.6) is 0 Å². The van der Waals surface area contributed by atoms with E-state index in [1.54, 1.807) is 17.1 Å². The molecule has 0 amide bonds. The summed E-state index contributed by atoms with van der Waals surface area (Å²) in [4.78, 5) is 12.2. The molecule has 2 aromatic rings. The average molecular weight is 308 g/mol. The molecule has 0 aliphatic heterocycles. The summed E-state index contributed by atoms with van der Waals surface area (Å²) < 4.78 is 2.28. The lowest BCUT2D eigenvalue weighted by molar-refractivity contribution is 0.908. The molecule has 0 radical (unpaired) electrons. The molecule has 0 spiro atoms. The number of hydrogen-bond acceptors (Lipinski definition) is 3. The van der Waals surface area contributed by atoms with Crippen LogP contribution in [-0.4, -0.2) is 19.5 Å². The lowest BCUT2D eigenvalue weighted by Gasteiger charge is -2.03. The van der Waals surface area contributed by atoms with Gasteiger partial charge in [0, 0.05) is 7.05 Å². The predicted octanol–water partition coefficient (Wildman–Crippen LogP) is 2.95. The Balaban J connectivity index is 2.60. The third-order valence-electron chi connectivity index (χ3n) is 1.82. The molecule has 2 aromatic heterocycles. The minimum atomic E-state index is 0.284. The molecule has 0 N–H and O–H groups in total. The Morgan fingerprint density at radius 3 is 2.33 bits per heavy atom. The van der Waals surface area contributed by atoms with E-state index in [0.717, 1.165) is 5.69 Å². The first kappa shape index (κ1) is 10.9. The Hall–Kier alpha value is -0.650. The van der Waals surface area contributed by atoms with Gasteiger partial charge in [-0.15, -0.1) is 0 Å². The van der Waals surface area contributed by atoms with Gasteiger partial charge in [-0.2, -0.15) is 0 Å². The molecule has 2 rings (SSSR count). The fraction of sp³-hybridized carbons (Fsp3) is 0.125. The molecule has 78 valence electrons. The lowest BCUT2D eigenvalue weighted by atomic mass is 10.4. The Labute approximate surface area is 104 Å². The van der Waals surface area contributed by atoms with Crippen LogP contribution < -0.4 is 0 Å². The van der Waals surface area contributed by atoms with Crippen molar-refractivity contribution in [2.75, 3.05) is 0 Å². The van der Waals surface area contributed by atoms with Crippen molar-refractivity contribution in [2.24, 2.45) is 7.05 Å². The molecular formula is C8H5BrCl2N4. The monoisotopic (exact) mass is 306 g/mol. The summed E-state index contributed by atoms with van der Waals surface area (Å²) in [6.07, 6.45) is 3.30. The quantitative estimate of drug-likeness (QED) is 0.761. The first-order chi connectivity index (χ1) is 7.09. The van der Waals surface area contributed by atoms with Crippen LogP contribution in [-0.2, 0) is 7.05 Å². The number of aromatic nitrogens is 4. The van der Waals surface area contributed by atoms with Crippen molar-refractivity contribution in [3.63, 3.8) is 0 Å². The number of hydrogen-bond donors (Lipinski definition) is 0. The zero-order chi connectivity index (χ0) is 11.0. The summed E-state index contributed by atoms with van der Waals surface area (Å²) in [5.74, 6) is 0.452. The van der Waals surface area contributed by atoms with Gasteiger partial charge in [0.1, 0.15) is 16.0 Å². The van der Waals surface area contributed by atoms with E-state index < -0.39 is 0 Å². The van der Waals surface area contributed by atoms with E-state index >= 15 is 0 Å². The SMILES string of the molecule is Cn1cncc1-c1nc(Cl)c(Br)c(Cl)n1. The van der Waals surface area contributed by atoms with Crippen molar-refractivity contribution < 1.29 is 0 Å². The lowest BCUT2D eigenvalue weighted by Crippen LogP contribution is -1.96. The maximum Gasteiger partial charge on any atom is 0.180 e. The molecule has 0 saturated carbocycles. The highest BCUT2D eigenvalue weighted by Gasteiger charge is 2.12. The van der Waals surface area contributed by atoms with Crippen LogP contribution in [0, 0.1) is 0 Å². The Kier molecular flexibility index (Phi) is 2.95. The molecule has 7 heteroatoms. The van der Waals surface area contributed by atoms with Crippen LogP contribution in [0.1, 0.15) is 0 Å².